The van der Waals surface area contributed by atoms with E-state index in [0.717, 1.165) is 5.56 Å². The summed E-state index contributed by atoms with van der Waals surface area (Å²) < 4.78 is 9.86. The first-order valence-corrected chi connectivity index (χ1v) is 5.91. The number of carbonyl (C=O) groups is 1. The number of benzene rings is 1. The fraction of sp³-hybridized carbons (Fsp3) is 0.462. The molecule has 1 atom stereocenters. The molecule has 0 saturated heterocycles. The molecular formula is C13H19NO5. The van der Waals surface area contributed by atoms with Crippen molar-refractivity contribution >= 4 is 5.97 Å². The molecule has 0 aliphatic rings. The molecule has 1 unspecified atom stereocenters. The van der Waals surface area contributed by atoms with Crippen molar-refractivity contribution in [3.63, 3.8) is 0 Å². The summed E-state index contributed by atoms with van der Waals surface area (Å²) in [6.45, 7) is -0.517. The molecule has 0 bridgehead atoms. The summed E-state index contributed by atoms with van der Waals surface area (Å²) in [5.74, 6) is 0.0736. The predicted molar refractivity (Wildman–Crippen MR) is 68.7 cm³/mol. The Morgan fingerprint density at radius 2 is 1.84 bits per heavy atom. The first-order chi connectivity index (χ1) is 9.10. The zero-order valence-electron chi connectivity index (χ0n) is 10.8. The minimum Gasteiger partial charge on any atom is -0.486 e. The molecule has 4 N–H and O–H groups in total. The van der Waals surface area contributed by atoms with Crippen molar-refractivity contribution in [1.29, 1.82) is 0 Å². The fourth-order valence-electron chi connectivity index (χ4n) is 1.52. The number of rotatable bonds is 7. The number of methoxy groups -OCH3 is 1. The van der Waals surface area contributed by atoms with Gasteiger partial charge in [-0.2, -0.15) is 0 Å². The van der Waals surface area contributed by atoms with Crippen LogP contribution in [0.25, 0.3) is 0 Å². The number of hydrogen-bond acceptors (Lipinski definition) is 6. The van der Waals surface area contributed by atoms with Gasteiger partial charge < -0.3 is 25.4 Å². The Morgan fingerprint density at radius 3 is 2.32 bits per heavy atom. The number of ether oxygens (including phenoxy) is 2. The second kappa shape index (κ2) is 7.73. The lowest BCUT2D eigenvalue weighted by atomic mass is 10.1. The molecule has 106 valence electrons. The first kappa shape index (κ1) is 15.4. The summed E-state index contributed by atoms with van der Waals surface area (Å²) in [5.41, 5.74) is 6.52. The van der Waals surface area contributed by atoms with Crippen molar-refractivity contribution in [2.24, 2.45) is 5.73 Å². The molecule has 1 rings (SSSR count). The van der Waals surface area contributed by atoms with E-state index in [9.17, 15) is 4.79 Å². The first-order valence-electron chi connectivity index (χ1n) is 5.91. The van der Waals surface area contributed by atoms with E-state index in [2.05, 4.69) is 4.74 Å². The molecule has 1 aromatic carbocycles. The molecule has 0 fully saturated rings. The summed E-state index contributed by atoms with van der Waals surface area (Å²) in [5, 5.41) is 17.8. The molecule has 0 saturated carbocycles. The van der Waals surface area contributed by atoms with Crippen LogP contribution in [0.1, 0.15) is 5.56 Å². The van der Waals surface area contributed by atoms with Gasteiger partial charge >= 0.3 is 5.97 Å². The van der Waals surface area contributed by atoms with Gasteiger partial charge in [0, 0.05) is 0 Å². The highest BCUT2D eigenvalue weighted by atomic mass is 16.5. The average molecular weight is 269 g/mol. The van der Waals surface area contributed by atoms with Gasteiger partial charge in [0.2, 0.25) is 0 Å². The van der Waals surface area contributed by atoms with Crippen LogP contribution < -0.4 is 10.5 Å². The Kier molecular flexibility index (Phi) is 6.27. The van der Waals surface area contributed by atoms with Crippen LogP contribution in [0.4, 0.5) is 0 Å². The Bertz CT molecular complexity index is 389. The summed E-state index contributed by atoms with van der Waals surface area (Å²) in [6.07, 6.45) is -0.265. The van der Waals surface area contributed by atoms with Gasteiger partial charge in [0.1, 0.15) is 17.9 Å². The number of nitrogens with two attached hydrogens (primary N) is 1. The lowest BCUT2D eigenvalue weighted by Crippen LogP contribution is -2.33. The van der Waals surface area contributed by atoms with Crippen molar-refractivity contribution < 1.29 is 24.5 Å². The molecule has 0 spiro atoms. The van der Waals surface area contributed by atoms with E-state index >= 15 is 0 Å². The van der Waals surface area contributed by atoms with E-state index in [0.29, 0.717) is 12.2 Å². The van der Waals surface area contributed by atoms with Crippen molar-refractivity contribution in [3.05, 3.63) is 29.8 Å². The fourth-order valence-corrected chi connectivity index (χ4v) is 1.52. The average Bonchev–Trinajstić information content (AvgIpc) is 2.45. The van der Waals surface area contributed by atoms with E-state index in [1.165, 1.54) is 7.11 Å². The standard InChI is InChI=1S/C13H19NO5/c1-18-13(17)12(14)6-9-2-4-10(5-3-9)19-11(7-15)8-16/h2-5,11-12,15-16H,6-8,14H2,1H3. The largest absolute Gasteiger partial charge is 0.486 e. The minimum absolute atomic E-state index is 0.258. The molecule has 19 heavy (non-hydrogen) atoms. The van der Waals surface area contributed by atoms with Crippen LogP contribution in [-0.4, -0.2) is 48.7 Å². The minimum atomic E-state index is -0.695. The van der Waals surface area contributed by atoms with Crippen LogP contribution in [0.15, 0.2) is 24.3 Å². The zero-order valence-corrected chi connectivity index (χ0v) is 10.8. The summed E-state index contributed by atoms with van der Waals surface area (Å²) in [4.78, 5) is 11.2. The molecular weight excluding hydrogens is 250 g/mol. The van der Waals surface area contributed by atoms with Gasteiger partial charge in [-0.1, -0.05) is 12.1 Å². The third-order valence-corrected chi connectivity index (χ3v) is 2.59. The van der Waals surface area contributed by atoms with E-state index in [1.807, 2.05) is 0 Å². The number of carbonyl (C=O) groups excluding carboxylic acids is 1. The van der Waals surface area contributed by atoms with Crippen LogP contribution >= 0.6 is 0 Å². The Labute approximate surface area is 111 Å². The Hall–Kier alpha value is -1.63. The molecule has 0 radical (unpaired) electrons. The van der Waals surface area contributed by atoms with Gasteiger partial charge in [-0.3, -0.25) is 4.79 Å². The number of hydrogen-bond donors (Lipinski definition) is 3. The normalized spacial score (nSPS) is 12.3. The third-order valence-electron chi connectivity index (χ3n) is 2.59. The van der Waals surface area contributed by atoms with E-state index in [-0.39, 0.29) is 13.2 Å². The smallest absolute Gasteiger partial charge is 0.322 e. The highest BCUT2D eigenvalue weighted by molar-refractivity contribution is 5.75. The third kappa shape index (κ3) is 4.86. The van der Waals surface area contributed by atoms with E-state index in [4.69, 9.17) is 20.7 Å². The number of esters is 1. The van der Waals surface area contributed by atoms with E-state index < -0.39 is 18.1 Å². The lowest BCUT2D eigenvalue weighted by Gasteiger charge is -2.15. The Morgan fingerprint density at radius 1 is 1.26 bits per heavy atom. The number of aliphatic hydroxyl groups is 2. The van der Waals surface area contributed by atoms with Crippen LogP contribution in [0.2, 0.25) is 0 Å². The van der Waals surface area contributed by atoms with Gasteiger partial charge in [-0.25, -0.2) is 0 Å². The second-order valence-corrected chi connectivity index (χ2v) is 4.08. The maximum Gasteiger partial charge on any atom is 0.322 e. The molecule has 0 aliphatic heterocycles. The topological polar surface area (TPSA) is 102 Å². The van der Waals surface area contributed by atoms with Crippen LogP contribution in [0.3, 0.4) is 0 Å². The Balaban J connectivity index is 2.58. The van der Waals surface area contributed by atoms with Crippen molar-refractivity contribution in [1.82, 2.24) is 0 Å². The van der Waals surface area contributed by atoms with Gasteiger partial charge in [0.05, 0.1) is 20.3 Å². The maximum atomic E-state index is 11.2. The van der Waals surface area contributed by atoms with Crippen molar-refractivity contribution in [2.45, 2.75) is 18.6 Å². The van der Waals surface area contributed by atoms with Crippen molar-refractivity contribution in [3.8, 4) is 5.75 Å². The highest BCUT2D eigenvalue weighted by Gasteiger charge is 2.14. The zero-order chi connectivity index (χ0) is 14.3. The molecule has 6 nitrogen and oxygen atoms in total. The van der Waals surface area contributed by atoms with Crippen LogP contribution in [0, 0.1) is 0 Å². The number of aliphatic hydroxyl groups excluding tert-OH is 2. The lowest BCUT2D eigenvalue weighted by molar-refractivity contribution is -0.142. The SMILES string of the molecule is COC(=O)C(N)Cc1ccc(OC(CO)CO)cc1. The molecule has 0 aliphatic carbocycles. The second-order valence-electron chi connectivity index (χ2n) is 4.08. The quantitative estimate of drug-likeness (QED) is 0.575. The molecule has 0 heterocycles. The summed E-state index contributed by atoms with van der Waals surface area (Å²) in [7, 11) is 1.29. The molecule has 6 heteroatoms. The summed E-state index contributed by atoms with van der Waals surface area (Å²) >= 11 is 0. The predicted octanol–water partition coefficient (Wildman–Crippen LogP) is -0.539. The molecule has 1 aromatic rings. The van der Waals surface area contributed by atoms with Gasteiger partial charge in [-0.05, 0) is 24.1 Å². The monoisotopic (exact) mass is 269 g/mol. The van der Waals surface area contributed by atoms with Gasteiger partial charge in [0.15, 0.2) is 0 Å². The molecule has 0 aromatic heterocycles. The van der Waals surface area contributed by atoms with Crippen LogP contribution in [-0.2, 0) is 16.0 Å². The summed E-state index contributed by atoms with van der Waals surface area (Å²) in [6, 6.07) is 6.22. The molecule has 0 amide bonds. The van der Waals surface area contributed by atoms with Gasteiger partial charge in [0.25, 0.3) is 0 Å². The van der Waals surface area contributed by atoms with Crippen LogP contribution in [0.5, 0.6) is 5.75 Å². The maximum absolute atomic E-state index is 11.2. The highest BCUT2D eigenvalue weighted by Crippen LogP contribution is 2.15. The van der Waals surface area contributed by atoms with Gasteiger partial charge in [-0.15, -0.1) is 0 Å². The van der Waals surface area contributed by atoms with Crippen molar-refractivity contribution in [2.75, 3.05) is 20.3 Å². The van der Waals surface area contributed by atoms with E-state index in [1.54, 1.807) is 24.3 Å².